The van der Waals surface area contributed by atoms with Gasteiger partial charge in [-0.2, -0.15) is 0 Å². The smallest absolute Gasteiger partial charge is 0.242 e. The van der Waals surface area contributed by atoms with Gasteiger partial charge < -0.3 is 10.1 Å². The first-order valence-corrected chi connectivity index (χ1v) is 9.44. The van der Waals surface area contributed by atoms with Crippen molar-refractivity contribution in [1.82, 2.24) is 10.0 Å². The molecular weight excluding hydrogens is 308 g/mol. The number of nitrogens with one attached hydrogen (secondary N) is 2. The highest BCUT2D eigenvalue weighted by Crippen LogP contribution is 2.26. The number of sulfonamides is 1. The van der Waals surface area contributed by atoms with Crippen molar-refractivity contribution >= 4 is 21.4 Å². The van der Waals surface area contributed by atoms with E-state index in [1.807, 2.05) is 13.8 Å². The van der Waals surface area contributed by atoms with E-state index in [1.165, 1.54) is 11.3 Å². The Balaban J connectivity index is 2.87. The molecule has 0 amide bonds. The molecule has 122 valence electrons. The fourth-order valence-corrected chi connectivity index (χ4v) is 4.79. The van der Waals surface area contributed by atoms with E-state index < -0.39 is 10.0 Å². The zero-order valence-corrected chi connectivity index (χ0v) is 15.0. The predicted octanol–water partition coefficient (Wildman–Crippen LogP) is 2.26. The van der Waals surface area contributed by atoms with Crippen LogP contribution in [0.15, 0.2) is 11.0 Å². The highest BCUT2D eigenvalue weighted by Gasteiger charge is 2.23. The van der Waals surface area contributed by atoms with Gasteiger partial charge in [0.05, 0.1) is 11.5 Å². The molecule has 2 N–H and O–H groups in total. The van der Waals surface area contributed by atoms with E-state index >= 15 is 0 Å². The van der Waals surface area contributed by atoms with Gasteiger partial charge in [-0.1, -0.05) is 20.8 Å². The molecule has 1 heterocycles. The van der Waals surface area contributed by atoms with Crippen molar-refractivity contribution in [2.45, 2.75) is 57.6 Å². The fraction of sp³-hybridized carbons (Fsp3) is 0.714. The number of aryl methyl sites for hydroxylation is 1. The summed E-state index contributed by atoms with van der Waals surface area (Å²) in [6.07, 6.45) is 0.692. The van der Waals surface area contributed by atoms with Crippen LogP contribution >= 0.6 is 11.3 Å². The Bertz CT molecular complexity index is 538. The highest BCUT2D eigenvalue weighted by atomic mass is 32.2. The van der Waals surface area contributed by atoms with Crippen LogP contribution in [0.2, 0.25) is 0 Å². The average Bonchev–Trinajstić information content (AvgIpc) is 2.77. The number of hydrogen-bond donors (Lipinski definition) is 2. The van der Waals surface area contributed by atoms with Crippen LogP contribution in [0.25, 0.3) is 0 Å². The standard InChI is InChI=1S/C14H26N2O3S2/c1-6-12(9-19-5)16-21(17,18)14-7-13(20-11(14)4)8-15-10(2)3/h7,10,12,15-16H,6,8-9H2,1-5H3. The Morgan fingerprint density at radius 3 is 2.57 bits per heavy atom. The minimum absolute atomic E-state index is 0.198. The second-order valence-corrected chi connectivity index (χ2v) is 8.37. The van der Waals surface area contributed by atoms with Crippen LogP contribution in [0.4, 0.5) is 0 Å². The molecular formula is C14H26N2O3S2. The molecule has 21 heavy (non-hydrogen) atoms. The van der Waals surface area contributed by atoms with Gasteiger partial charge in [-0.05, 0) is 19.4 Å². The Morgan fingerprint density at radius 2 is 2.05 bits per heavy atom. The Morgan fingerprint density at radius 1 is 1.38 bits per heavy atom. The number of rotatable bonds is 9. The molecule has 0 aliphatic heterocycles. The van der Waals surface area contributed by atoms with E-state index in [4.69, 9.17) is 4.74 Å². The number of ether oxygens (including phenoxy) is 1. The van der Waals surface area contributed by atoms with Crippen LogP contribution in [0.3, 0.4) is 0 Å². The van der Waals surface area contributed by atoms with Crippen molar-refractivity contribution < 1.29 is 13.2 Å². The summed E-state index contributed by atoms with van der Waals surface area (Å²) >= 11 is 1.52. The van der Waals surface area contributed by atoms with Crippen LogP contribution in [-0.2, 0) is 21.3 Å². The van der Waals surface area contributed by atoms with Gasteiger partial charge in [0.1, 0.15) is 0 Å². The molecule has 5 nitrogen and oxygen atoms in total. The summed E-state index contributed by atoms with van der Waals surface area (Å²) < 4.78 is 32.7. The summed E-state index contributed by atoms with van der Waals surface area (Å²) in [4.78, 5) is 2.22. The Hall–Kier alpha value is -0.470. The third-order valence-corrected chi connectivity index (χ3v) is 5.91. The van der Waals surface area contributed by atoms with E-state index in [0.29, 0.717) is 30.5 Å². The van der Waals surface area contributed by atoms with Crippen molar-refractivity contribution in [2.75, 3.05) is 13.7 Å². The normalized spacial score (nSPS) is 13.8. The lowest BCUT2D eigenvalue weighted by atomic mass is 10.3. The average molecular weight is 335 g/mol. The largest absolute Gasteiger partial charge is 0.383 e. The molecule has 7 heteroatoms. The maximum absolute atomic E-state index is 12.5. The lowest BCUT2D eigenvalue weighted by Crippen LogP contribution is -2.37. The maximum atomic E-state index is 12.5. The molecule has 0 fully saturated rings. The lowest BCUT2D eigenvalue weighted by molar-refractivity contribution is 0.173. The summed E-state index contributed by atoms with van der Waals surface area (Å²) in [7, 11) is -1.92. The van der Waals surface area contributed by atoms with Gasteiger partial charge in [-0.25, -0.2) is 13.1 Å². The van der Waals surface area contributed by atoms with Crippen LogP contribution in [0.5, 0.6) is 0 Å². The molecule has 0 radical (unpaired) electrons. The van der Waals surface area contributed by atoms with Gasteiger partial charge in [0.15, 0.2) is 0 Å². The zero-order valence-electron chi connectivity index (χ0n) is 13.4. The summed E-state index contributed by atoms with van der Waals surface area (Å²) in [5, 5.41) is 3.30. The molecule has 0 aliphatic carbocycles. The summed E-state index contributed by atoms with van der Waals surface area (Å²) in [5.74, 6) is 0. The molecule has 1 aromatic rings. The Labute approximate surface area is 132 Å². The van der Waals surface area contributed by atoms with E-state index in [9.17, 15) is 8.42 Å². The first-order valence-electron chi connectivity index (χ1n) is 7.14. The molecule has 0 saturated heterocycles. The van der Waals surface area contributed by atoms with E-state index in [0.717, 1.165) is 9.75 Å². The van der Waals surface area contributed by atoms with Crippen LogP contribution < -0.4 is 10.0 Å². The highest BCUT2D eigenvalue weighted by molar-refractivity contribution is 7.89. The van der Waals surface area contributed by atoms with Gasteiger partial charge >= 0.3 is 0 Å². The second kappa shape index (κ2) is 8.24. The van der Waals surface area contributed by atoms with Crippen LogP contribution in [-0.4, -0.2) is 34.2 Å². The van der Waals surface area contributed by atoms with Crippen molar-refractivity contribution in [2.24, 2.45) is 0 Å². The molecule has 1 rings (SSSR count). The number of hydrogen-bond acceptors (Lipinski definition) is 5. The third-order valence-electron chi connectivity index (χ3n) is 3.08. The first-order chi connectivity index (χ1) is 9.80. The van der Waals surface area contributed by atoms with Gasteiger partial charge in [-0.15, -0.1) is 11.3 Å². The van der Waals surface area contributed by atoms with Gasteiger partial charge in [0.25, 0.3) is 0 Å². The first kappa shape index (κ1) is 18.6. The van der Waals surface area contributed by atoms with Crippen LogP contribution in [0.1, 0.15) is 36.9 Å². The van der Waals surface area contributed by atoms with Gasteiger partial charge in [-0.3, -0.25) is 0 Å². The van der Waals surface area contributed by atoms with Gasteiger partial charge in [0.2, 0.25) is 10.0 Å². The quantitative estimate of drug-likeness (QED) is 0.727. The molecule has 0 aliphatic rings. The number of methoxy groups -OCH3 is 1. The third kappa shape index (κ3) is 5.67. The second-order valence-electron chi connectivity index (χ2n) is 5.35. The van der Waals surface area contributed by atoms with E-state index in [2.05, 4.69) is 23.9 Å². The van der Waals surface area contributed by atoms with Crippen molar-refractivity contribution in [3.63, 3.8) is 0 Å². The minimum atomic E-state index is -3.49. The monoisotopic (exact) mass is 334 g/mol. The predicted molar refractivity (Wildman–Crippen MR) is 87.3 cm³/mol. The minimum Gasteiger partial charge on any atom is -0.383 e. The van der Waals surface area contributed by atoms with E-state index in [1.54, 1.807) is 13.2 Å². The summed E-state index contributed by atoms with van der Waals surface area (Å²) in [6.45, 7) is 8.97. The molecule has 1 aromatic heterocycles. The van der Waals surface area contributed by atoms with Crippen LogP contribution in [0, 0.1) is 6.92 Å². The van der Waals surface area contributed by atoms with Gasteiger partial charge in [0, 0.05) is 35.5 Å². The van der Waals surface area contributed by atoms with Crippen molar-refractivity contribution in [3.8, 4) is 0 Å². The van der Waals surface area contributed by atoms with Crippen molar-refractivity contribution in [1.29, 1.82) is 0 Å². The molecule has 0 aromatic carbocycles. The number of thiophene rings is 1. The zero-order chi connectivity index (χ0) is 16.0. The topological polar surface area (TPSA) is 67.4 Å². The lowest BCUT2D eigenvalue weighted by Gasteiger charge is -2.15. The summed E-state index contributed by atoms with van der Waals surface area (Å²) in [6, 6.07) is 1.94. The van der Waals surface area contributed by atoms with E-state index in [-0.39, 0.29) is 6.04 Å². The van der Waals surface area contributed by atoms with Crippen molar-refractivity contribution in [3.05, 3.63) is 15.8 Å². The summed E-state index contributed by atoms with van der Waals surface area (Å²) in [5.41, 5.74) is 0. The SMILES string of the molecule is CCC(COC)NS(=O)(=O)c1cc(CNC(C)C)sc1C. The molecule has 0 spiro atoms. The fourth-order valence-electron chi connectivity index (χ4n) is 1.90. The molecule has 1 atom stereocenters. The molecule has 0 saturated carbocycles. The molecule has 0 bridgehead atoms. The molecule has 1 unspecified atom stereocenters. The maximum Gasteiger partial charge on any atom is 0.242 e. The Kier molecular flexibility index (Phi) is 7.29.